The van der Waals surface area contributed by atoms with E-state index in [2.05, 4.69) is 5.32 Å². The maximum Gasteiger partial charge on any atom is 0.329 e. The second kappa shape index (κ2) is 9.15. The van der Waals surface area contributed by atoms with Gasteiger partial charge in [0.2, 0.25) is 11.8 Å². The van der Waals surface area contributed by atoms with Crippen LogP contribution < -0.4 is 14.8 Å². The van der Waals surface area contributed by atoms with Gasteiger partial charge < -0.3 is 19.5 Å². The van der Waals surface area contributed by atoms with E-state index in [1.807, 2.05) is 0 Å². The minimum absolute atomic E-state index is 0.318. The lowest BCUT2D eigenvalue weighted by Gasteiger charge is -2.21. The third kappa shape index (κ3) is 4.39. The van der Waals surface area contributed by atoms with Gasteiger partial charge in [-0.1, -0.05) is 12.8 Å². The van der Waals surface area contributed by atoms with E-state index >= 15 is 0 Å². The summed E-state index contributed by atoms with van der Waals surface area (Å²) in [5, 5.41) is 2.59. The molecule has 9 nitrogen and oxygen atoms in total. The van der Waals surface area contributed by atoms with Crippen LogP contribution in [-0.4, -0.2) is 55.5 Å². The number of fused-ring (bicyclic) bond motifs is 1. The summed E-state index contributed by atoms with van der Waals surface area (Å²) < 4.78 is 15.3. The highest BCUT2D eigenvalue weighted by molar-refractivity contribution is 6.08. The molecule has 0 radical (unpaired) electrons. The monoisotopic (exact) mass is 418 g/mol. The summed E-state index contributed by atoms with van der Waals surface area (Å²) in [5.41, 5.74) is 0.411. The zero-order chi connectivity index (χ0) is 21.8. The highest BCUT2D eigenvalue weighted by atomic mass is 16.5. The molecule has 0 aromatic heterocycles. The Bertz CT molecular complexity index is 808. The van der Waals surface area contributed by atoms with E-state index in [0.29, 0.717) is 30.0 Å². The van der Waals surface area contributed by atoms with Gasteiger partial charge in [-0.2, -0.15) is 0 Å². The molecule has 2 unspecified atom stereocenters. The first kappa shape index (κ1) is 21.6. The van der Waals surface area contributed by atoms with Gasteiger partial charge in [0.15, 0.2) is 6.61 Å². The number of carbonyl (C=O) groups excluding carboxylic acids is 4. The van der Waals surface area contributed by atoms with Crippen LogP contribution in [0.4, 0.5) is 5.69 Å². The van der Waals surface area contributed by atoms with Crippen LogP contribution in [0.5, 0.6) is 11.5 Å². The lowest BCUT2D eigenvalue weighted by molar-refractivity contribution is -0.159. The smallest absolute Gasteiger partial charge is 0.329 e. The van der Waals surface area contributed by atoms with Gasteiger partial charge in [0.05, 0.1) is 26.1 Å². The maximum atomic E-state index is 12.6. The van der Waals surface area contributed by atoms with Gasteiger partial charge in [-0.15, -0.1) is 0 Å². The average Bonchev–Trinajstić information content (AvgIpc) is 3.01. The lowest BCUT2D eigenvalue weighted by atomic mass is 9.81. The molecule has 30 heavy (non-hydrogen) atoms. The number of hydrogen-bond acceptors (Lipinski definition) is 7. The number of esters is 1. The number of benzene rings is 1. The van der Waals surface area contributed by atoms with Crippen molar-refractivity contribution in [2.75, 3.05) is 26.1 Å². The summed E-state index contributed by atoms with van der Waals surface area (Å²) in [6.45, 7) is 0.895. The molecule has 9 heteroatoms. The lowest BCUT2D eigenvalue weighted by Crippen LogP contribution is -2.45. The van der Waals surface area contributed by atoms with E-state index < -0.39 is 24.5 Å². The van der Waals surface area contributed by atoms with Gasteiger partial charge in [-0.3, -0.25) is 19.3 Å². The molecular weight excluding hydrogens is 392 g/mol. The van der Waals surface area contributed by atoms with Crippen molar-refractivity contribution in [2.45, 2.75) is 38.6 Å². The summed E-state index contributed by atoms with van der Waals surface area (Å²) in [7, 11) is 2.97. The fraction of sp³-hybridized carbons (Fsp3) is 0.524. The number of likely N-dealkylation sites (tertiary alicyclic amines) is 1. The Morgan fingerprint density at radius 2 is 1.57 bits per heavy atom. The van der Waals surface area contributed by atoms with Gasteiger partial charge in [-0.25, -0.2) is 4.79 Å². The first-order chi connectivity index (χ1) is 14.3. The van der Waals surface area contributed by atoms with Gasteiger partial charge in [0.25, 0.3) is 5.91 Å². The van der Waals surface area contributed by atoms with Crippen molar-refractivity contribution >= 4 is 29.4 Å². The third-order valence-electron chi connectivity index (χ3n) is 5.58. The summed E-state index contributed by atoms with van der Waals surface area (Å²) in [6.07, 6.45) is 3.14. The molecule has 1 aromatic rings. The molecule has 162 valence electrons. The van der Waals surface area contributed by atoms with Crippen molar-refractivity contribution < 1.29 is 33.4 Å². The number of carbonyl (C=O) groups is 4. The highest BCUT2D eigenvalue weighted by Crippen LogP contribution is 2.38. The standard InChI is InChI=1S/C21H26N2O7/c1-12(23-19(25)16-6-4-5-7-17(16)20(23)26)21(27)30-11-18(24)22-13-8-14(28-2)10-15(9-13)29-3/h8-10,12,16-17H,4-7,11H2,1-3H3,(H,22,24)/t12-,16?,17?/m0/s1. The molecule has 3 amide bonds. The van der Waals surface area contributed by atoms with E-state index in [1.54, 1.807) is 18.2 Å². The van der Waals surface area contributed by atoms with Gasteiger partial charge in [0.1, 0.15) is 17.5 Å². The zero-order valence-corrected chi connectivity index (χ0v) is 17.3. The van der Waals surface area contributed by atoms with Crippen LogP contribution in [0.15, 0.2) is 18.2 Å². The summed E-state index contributed by atoms with van der Waals surface area (Å²) >= 11 is 0. The Labute approximate surface area is 174 Å². The molecule has 0 spiro atoms. The van der Waals surface area contributed by atoms with Crippen molar-refractivity contribution in [1.29, 1.82) is 0 Å². The molecular formula is C21H26N2O7. The number of imide groups is 1. The zero-order valence-electron chi connectivity index (χ0n) is 17.3. The molecule has 3 rings (SSSR count). The average molecular weight is 418 g/mol. The maximum absolute atomic E-state index is 12.6. The molecule has 1 aliphatic heterocycles. The van der Waals surface area contributed by atoms with Crippen molar-refractivity contribution in [3.05, 3.63) is 18.2 Å². The molecule has 1 heterocycles. The number of amides is 3. The number of rotatable bonds is 7. The number of hydrogen-bond donors (Lipinski definition) is 1. The molecule has 1 N–H and O–H groups in total. The predicted molar refractivity (Wildman–Crippen MR) is 106 cm³/mol. The molecule has 1 saturated heterocycles. The molecule has 1 aromatic carbocycles. The van der Waals surface area contributed by atoms with E-state index in [4.69, 9.17) is 14.2 Å². The summed E-state index contributed by atoms with van der Waals surface area (Å²) in [5.74, 6) is -1.71. The molecule has 2 aliphatic rings. The Morgan fingerprint density at radius 3 is 2.07 bits per heavy atom. The number of nitrogens with one attached hydrogen (secondary N) is 1. The van der Waals surface area contributed by atoms with Gasteiger partial charge in [-0.05, 0) is 19.8 Å². The van der Waals surface area contributed by atoms with Crippen LogP contribution in [0.25, 0.3) is 0 Å². The summed E-state index contributed by atoms with van der Waals surface area (Å²) in [4.78, 5) is 50.8. The fourth-order valence-corrected chi connectivity index (χ4v) is 4.01. The number of ether oxygens (including phenoxy) is 3. The van der Waals surface area contributed by atoms with Crippen molar-refractivity contribution in [2.24, 2.45) is 11.8 Å². The molecule has 1 saturated carbocycles. The summed E-state index contributed by atoms with van der Waals surface area (Å²) in [6, 6.07) is 3.77. The Kier molecular flexibility index (Phi) is 6.59. The Morgan fingerprint density at radius 1 is 1.03 bits per heavy atom. The van der Waals surface area contributed by atoms with E-state index in [9.17, 15) is 19.2 Å². The van der Waals surface area contributed by atoms with Gasteiger partial charge >= 0.3 is 5.97 Å². The Hall–Kier alpha value is -3.10. The van der Waals surface area contributed by atoms with E-state index in [1.165, 1.54) is 21.1 Å². The quantitative estimate of drug-likeness (QED) is 0.530. The SMILES string of the molecule is COc1cc(NC(=O)COC(=O)[C@H](C)N2C(=O)C3CCCCC3C2=O)cc(OC)c1. The second-order valence-electron chi connectivity index (χ2n) is 7.48. The van der Waals surface area contributed by atoms with Crippen molar-refractivity contribution in [3.8, 4) is 11.5 Å². The fourth-order valence-electron chi connectivity index (χ4n) is 4.01. The molecule has 3 atom stereocenters. The van der Waals surface area contributed by atoms with E-state index in [-0.39, 0.29) is 23.7 Å². The van der Waals surface area contributed by atoms with Crippen LogP contribution in [0.3, 0.4) is 0 Å². The van der Waals surface area contributed by atoms with Crippen LogP contribution in [-0.2, 0) is 23.9 Å². The largest absolute Gasteiger partial charge is 0.497 e. The van der Waals surface area contributed by atoms with Crippen molar-refractivity contribution in [1.82, 2.24) is 4.90 Å². The van der Waals surface area contributed by atoms with Crippen LogP contribution in [0.1, 0.15) is 32.6 Å². The second-order valence-corrected chi connectivity index (χ2v) is 7.48. The number of methoxy groups -OCH3 is 2. The topological polar surface area (TPSA) is 111 Å². The molecule has 2 fully saturated rings. The number of nitrogens with zero attached hydrogens (tertiary/aromatic N) is 1. The predicted octanol–water partition coefficient (Wildman–Crippen LogP) is 1.75. The number of anilines is 1. The molecule has 1 aliphatic carbocycles. The van der Waals surface area contributed by atoms with Crippen LogP contribution in [0.2, 0.25) is 0 Å². The third-order valence-corrected chi connectivity index (χ3v) is 5.58. The minimum Gasteiger partial charge on any atom is -0.497 e. The van der Waals surface area contributed by atoms with Gasteiger partial charge in [0, 0.05) is 23.9 Å². The highest BCUT2D eigenvalue weighted by Gasteiger charge is 2.51. The van der Waals surface area contributed by atoms with Crippen LogP contribution >= 0.6 is 0 Å². The van der Waals surface area contributed by atoms with Crippen LogP contribution in [0, 0.1) is 11.8 Å². The Balaban J connectivity index is 1.57. The first-order valence-electron chi connectivity index (χ1n) is 9.92. The van der Waals surface area contributed by atoms with E-state index in [0.717, 1.165) is 17.7 Å². The molecule has 0 bridgehead atoms. The van der Waals surface area contributed by atoms with Crippen molar-refractivity contribution in [3.63, 3.8) is 0 Å². The minimum atomic E-state index is -1.07. The normalized spacial score (nSPS) is 21.6. The first-order valence-corrected chi connectivity index (χ1v) is 9.92.